The van der Waals surface area contributed by atoms with Crippen LogP contribution in [0.3, 0.4) is 0 Å². The maximum absolute atomic E-state index is 13.4. The number of nitrogens with one attached hydrogen (secondary N) is 2. The molecule has 2 N–H and O–H groups in total. The summed E-state index contributed by atoms with van der Waals surface area (Å²) in [7, 11) is 3.09. The number of hydrogen-bond donors (Lipinski definition) is 2. The van der Waals surface area contributed by atoms with E-state index in [1.54, 1.807) is 30.6 Å². The van der Waals surface area contributed by atoms with Gasteiger partial charge in [0.1, 0.15) is 5.75 Å². The number of rotatable bonds is 8. The molecule has 0 atom stereocenters. The SMILES string of the molecule is COc1ccc(Cl)cc1NC(=O)CN(C)CC(=O)Nc1nc(-c2ccc(F)c(F)c2)cs1. The number of carbonyl (C=O) groups is 2. The first-order chi connectivity index (χ1) is 15.2. The minimum Gasteiger partial charge on any atom is -0.495 e. The number of likely N-dealkylation sites (N-methyl/N-ethyl adjacent to an activating group) is 1. The van der Waals surface area contributed by atoms with Gasteiger partial charge < -0.3 is 15.4 Å². The molecule has 0 unspecified atom stereocenters. The van der Waals surface area contributed by atoms with Crippen molar-refractivity contribution in [2.45, 2.75) is 0 Å². The molecule has 32 heavy (non-hydrogen) atoms. The Morgan fingerprint density at radius 1 is 1.09 bits per heavy atom. The Kier molecular flexibility index (Phi) is 7.73. The maximum atomic E-state index is 13.4. The van der Waals surface area contributed by atoms with Crippen LogP contribution in [0.1, 0.15) is 0 Å². The average molecular weight is 481 g/mol. The van der Waals surface area contributed by atoms with Gasteiger partial charge in [-0.2, -0.15) is 0 Å². The summed E-state index contributed by atoms with van der Waals surface area (Å²) in [6.45, 7) is -0.124. The van der Waals surface area contributed by atoms with Crippen LogP contribution in [-0.2, 0) is 9.59 Å². The summed E-state index contributed by atoms with van der Waals surface area (Å²) in [5.41, 5.74) is 1.23. The predicted octanol–water partition coefficient (Wildman–Crippen LogP) is 4.26. The lowest BCUT2D eigenvalue weighted by Crippen LogP contribution is -2.36. The minimum atomic E-state index is -0.976. The van der Waals surface area contributed by atoms with Gasteiger partial charge in [0, 0.05) is 16.0 Å². The van der Waals surface area contributed by atoms with Crippen molar-refractivity contribution in [3.05, 3.63) is 58.4 Å². The molecule has 2 aromatic carbocycles. The lowest BCUT2D eigenvalue weighted by Gasteiger charge is -2.16. The molecule has 0 fully saturated rings. The smallest absolute Gasteiger partial charge is 0.240 e. The van der Waals surface area contributed by atoms with Crippen molar-refractivity contribution in [1.29, 1.82) is 0 Å². The Labute approximate surface area is 192 Å². The van der Waals surface area contributed by atoms with E-state index >= 15 is 0 Å². The molecule has 2 amide bonds. The van der Waals surface area contributed by atoms with Crippen LogP contribution in [0.25, 0.3) is 11.3 Å². The number of nitrogens with zero attached hydrogens (tertiary/aromatic N) is 2. The molecule has 0 aliphatic carbocycles. The van der Waals surface area contributed by atoms with Gasteiger partial charge in [-0.1, -0.05) is 11.6 Å². The first-order valence-corrected chi connectivity index (χ1v) is 10.5. The number of anilines is 2. The van der Waals surface area contributed by atoms with Gasteiger partial charge in [0.05, 0.1) is 31.6 Å². The number of hydrogen-bond acceptors (Lipinski definition) is 6. The van der Waals surface area contributed by atoms with E-state index in [-0.39, 0.29) is 24.9 Å². The largest absolute Gasteiger partial charge is 0.495 e. The highest BCUT2D eigenvalue weighted by atomic mass is 35.5. The van der Waals surface area contributed by atoms with E-state index in [0.717, 1.165) is 23.5 Å². The van der Waals surface area contributed by atoms with Gasteiger partial charge in [-0.15, -0.1) is 11.3 Å². The first-order valence-electron chi connectivity index (χ1n) is 9.28. The fraction of sp³-hybridized carbons (Fsp3) is 0.190. The van der Waals surface area contributed by atoms with Crippen LogP contribution in [-0.4, -0.2) is 48.9 Å². The van der Waals surface area contributed by atoms with Crippen LogP contribution in [0.5, 0.6) is 5.75 Å². The molecule has 0 radical (unpaired) electrons. The van der Waals surface area contributed by atoms with Gasteiger partial charge >= 0.3 is 0 Å². The lowest BCUT2D eigenvalue weighted by molar-refractivity contribution is -0.119. The van der Waals surface area contributed by atoms with Crippen molar-refractivity contribution < 1.29 is 23.1 Å². The molecule has 3 rings (SSSR count). The molecule has 1 aromatic heterocycles. The summed E-state index contributed by atoms with van der Waals surface area (Å²) in [6.07, 6.45) is 0. The van der Waals surface area contributed by atoms with E-state index < -0.39 is 11.6 Å². The first kappa shape index (κ1) is 23.6. The average Bonchev–Trinajstić information content (AvgIpc) is 3.18. The Hall–Kier alpha value is -3.08. The highest BCUT2D eigenvalue weighted by Gasteiger charge is 2.15. The summed E-state index contributed by atoms with van der Waals surface area (Å²) >= 11 is 7.10. The normalized spacial score (nSPS) is 10.8. The Morgan fingerprint density at radius 2 is 1.81 bits per heavy atom. The van der Waals surface area contributed by atoms with E-state index in [1.807, 2.05) is 0 Å². The van der Waals surface area contributed by atoms with Crippen molar-refractivity contribution in [2.24, 2.45) is 0 Å². The second-order valence-corrected chi connectivity index (χ2v) is 8.07. The number of benzene rings is 2. The third kappa shape index (κ3) is 6.22. The molecule has 0 aliphatic heterocycles. The van der Waals surface area contributed by atoms with Crippen molar-refractivity contribution in [1.82, 2.24) is 9.88 Å². The second kappa shape index (κ2) is 10.5. The van der Waals surface area contributed by atoms with Crippen molar-refractivity contribution >= 4 is 45.6 Å². The van der Waals surface area contributed by atoms with Gasteiger partial charge in [-0.25, -0.2) is 13.8 Å². The number of methoxy groups -OCH3 is 1. The second-order valence-electron chi connectivity index (χ2n) is 6.78. The quantitative estimate of drug-likeness (QED) is 0.503. The number of ether oxygens (including phenoxy) is 1. The highest BCUT2D eigenvalue weighted by molar-refractivity contribution is 7.14. The van der Waals surface area contributed by atoms with Crippen LogP contribution >= 0.6 is 22.9 Å². The van der Waals surface area contributed by atoms with E-state index in [9.17, 15) is 18.4 Å². The molecule has 0 saturated carbocycles. The molecule has 168 valence electrons. The summed E-state index contributed by atoms with van der Waals surface area (Å²) in [6, 6.07) is 8.30. The highest BCUT2D eigenvalue weighted by Crippen LogP contribution is 2.28. The molecular weight excluding hydrogens is 462 g/mol. The van der Waals surface area contributed by atoms with Gasteiger partial charge in [-0.05, 0) is 43.4 Å². The standard InChI is InChI=1S/C21H19ClF2N4O3S/c1-28(9-19(29)25-16-8-13(22)4-6-18(16)31-2)10-20(30)27-21-26-17(11-32-21)12-3-5-14(23)15(24)7-12/h3-8,11H,9-10H2,1-2H3,(H,25,29)(H,26,27,30). The molecule has 0 aliphatic rings. The Morgan fingerprint density at radius 3 is 2.50 bits per heavy atom. The van der Waals surface area contributed by atoms with Crippen molar-refractivity contribution in [2.75, 3.05) is 37.9 Å². The predicted molar refractivity (Wildman–Crippen MR) is 120 cm³/mol. The third-order valence-corrected chi connectivity index (χ3v) is 5.22. The fourth-order valence-electron chi connectivity index (χ4n) is 2.79. The van der Waals surface area contributed by atoms with Gasteiger partial charge in [-0.3, -0.25) is 14.5 Å². The molecule has 11 heteroatoms. The van der Waals surface area contributed by atoms with Crippen LogP contribution in [0, 0.1) is 11.6 Å². The van der Waals surface area contributed by atoms with Crippen LogP contribution in [0.15, 0.2) is 41.8 Å². The number of thiazole rings is 1. The molecule has 0 bridgehead atoms. The van der Waals surface area contributed by atoms with Gasteiger partial charge in [0.25, 0.3) is 0 Å². The summed E-state index contributed by atoms with van der Waals surface area (Å²) in [5, 5.41) is 7.69. The van der Waals surface area contributed by atoms with E-state index in [4.69, 9.17) is 16.3 Å². The van der Waals surface area contributed by atoms with Crippen LogP contribution in [0.4, 0.5) is 19.6 Å². The zero-order chi connectivity index (χ0) is 23.3. The number of aromatic nitrogens is 1. The Bertz CT molecular complexity index is 1140. The summed E-state index contributed by atoms with van der Waals surface area (Å²) in [5.74, 6) is -2.19. The maximum Gasteiger partial charge on any atom is 0.240 e. The number of carbonyl (C=O) groups excluding carboxylic acids is 2. The zero-order valence-electron chi connectivity index (χ0n) is 17.1. The molecule has 1 heterocycles. The molecule has 3 aromatic rings. The van der Waals surface area contributed by atoms with E-state index in [1.165, 1.54) is 18.1 Å². The topological polar surface area (TPSA) is 83.6 Å². The monoisotopic (exact) mass is 480 g/mol. The van der Waals surface area contributed by atoms with Gasteiger partial charge in [0.2, 0.25) is 11.8 Å². The molecule has 7 nitrogen and oxygen atoms in total. The Balaban J connectivity index is 1.53. The zero-order valence-corrected chi connectivity index (χ0v) is 18.7. The fourth-order valence-corrected chi connectivity index (χ4v) is 3.70. The molecule has 0 spiro atoms. The van der Waals surface area contributed by atoms with Crippen LogP contribution in [0.2, 0.25) is 5.02 Å². The van der Waals surface area contributed by atoms with E-state index in [0.29, 0.717) is 32.8 Å². The van der Waals surface area contributed by atoms with E-state index in [2.05, 4.69) is 15.6 Å². The molecule has 0 saturated heterocycles. The van der Waals surface area contributed by atoms with Crippen molar-refractivity contribution in [3.8, 4) is 17.0 Å². The van der Waals surface area contributed by atoms with Crippen molar-refractivity contribution in [3.63, 3.8) is 0 Å². The third-order valence-electron chi connectivity index (χ3n) is 4.23. The number of halogens is 3. The molecular formula is C21H19ClF2N4O3S. The number of amides is 2. The minimum absolute atomic E-state index is 0.0545. The lowest BCUT2D eigenvalue weighted by atomic mass is 10.2. The summed E-state index contributed by atoms with van der Waals surface area (Å²) < 4.78 is 31.7. The van der Waals surface area contributed by atoms with Crippen LogP contribution < -0.4 is 15.4 Å². The van der Waals surface area contributed by atoms with Gasteiger partial charge in [0.15, 0.2) is 16.8 Å². The summed E-state index contributed by atoms with van der Waals surface area (Å²) in [4.78, 5) is 30.3.